The molecule has 5 nitrogen and oxygen atoms in total. The van der Waals surface area contributed by atoms with E-state index in [2.05, 4.69) is 14.5 Å². The molecule has 0 amide bonds. The number of ether oxygens (including phenoxy) is 2. The maximum absolute atomic E-state index is 12.3. The lowest BCUT2D eigenvalue weighted by Crippen LogP contribution is -2.22. The van der Waals surface area contributed by atoms with Crippen molar-refractivity contribution >= 4 is 5.97 Å². The van der Waals surface area contributed by atoms with Gasteiger partial charge < -0.3 is 15.2 Å². The van der Waals surface area contributed by atoms with Gasteiger partial charge in [-0.05, 0) is 25.5 Å². The Bertz CT molecular complexity index is 475. The van der Waals surface area contributed by atoms with Crippen LogP contribution in [0.15, 0.2) is 6.07 Å². The van der Waals surface area contributed by atoms with Crippen LogP contribution in [-0.2, 0) is 11.3 Å². The third-order valence-corrected chi connectivity index (χ3v) is 2.11. The van der Waals surface area contributed by atoms with E-state index in [4.69, 9.17) is 5.73 Å². The molecule has 0 saturated carbocycles. The number of rotatable bonds is 4. The van der Waals surface area contributed by atoms with Crippen LogP contribution < -0.4 is 10.5 Å². The number of halogens is 3. The van der Waals surface area contributed by atoms with E-state index in [1.807, 2.05) is 0 Å². The summed E-state index contributed by atoms with van der Waals surface area (Å²) in [6, 6.07) is 1.41. The topological polar surface area (TPSA) is 74.4 Å². The van der Waals surface area contributed by atoms with E-state index in [1.54, 1.807) is 0 Å². The Morgan fingerprint density at radius 1 is 1.47 bits per heavy atom. The lowest BCUT2D eigenvalue weighted by atomic mass is 10.1. The summed E-state index contributed by atoms with van der Waals surface area (Å²) < 4.78 is 45.3. The summed E-state index contributed by atoms with van der Waals surface area (Å²) in [4.78, 5) is 15.2. The van der Waals surface area contributed by atoms with Gasteiger partial charge in [0.15, 0.2) is 0 Å². The second-order valence-corrected chi connectivity index (χ2v) is 3.58. The van der Waals surface area contributed by atoms with Crippen LogP contribution in [0.5, 0.6) is 5.88 Å². The Labute approximate surface area is 107 Å². The zero-order valence-electron chi connectivity index (χ0n) is 10.4. The van der Waals surface area contributed by atoms with Gasteiger partial charge in [0.1, 0.15) is 5.56 Å². The summed E-state index contributed by atoms with van der Waals surface area (Å²) in [6.07, 6.45) is -4.95. The van der Waals surface area contributed by atoms with Crippen LogP contribution >= 0.6 is 0 Å². The molecule has 0 aliphatic rings. The molecule has 1 heterocycles. The molecule has 0 aliphatic heterocycles. The van der Waals surface area contributed by atoms with E-state index in [0.29, 0.717) is 0 Å². The lowest BCUT2D eigenvalue weighted by molar-refractivity contribution is -0.276. The zero-order valence-corrected chi connectivity index (χ0v) is 10.4. The van der Waals surface area contributed by atoms with Crippen LogP contribution in [0.25, 0.3) is 0 Å². The van der Waals surface area contributed by atoms with Crippen molar-refractivity contribution in [2.45, 2.75) is 26.8 Å². The Morgan fingerprint density at radius 3 is 2.58 bits per heavy atom. The fourth-order valence-electron chi connectivity index (χ4n) is 1.48. The van der Waals surface area contributed by atoms with Gasteiger partial charge in [-0.15, -0.1) is 13.2 Å². The molecule has 0 radical (unpaired) electrons. The molecule has 8 heteroatoms. The van der Waals surface area contributed by atoms with E-state index >= 15 is 0 Å². The van der Waals surface area contributed by atoms with E-state index in [9.17, 15) is 18.0 Å². The molecule has 1 rings (SSSR count). The molecule has 19 heavy (non-hydrogen) atoms. The monoisotopic (exact) mass is 278 g/mol. The average molecular weight is 278 g/mol. The summed E-state index contributed by atoms with van der Waals surface area (Å²) >= 11 is 0. The molecule has 1 aromatic rings. The molecule has 2 N–H and O–H groups in total. The van der Waals surface area contributed by atoms with Crippen molar-refractivity contribution in [3.05, 3.63) is 22.9 Å². The highest BCUT2D eigenvalue weighted by Crippen LogP contribution is 2.28. The van der Waals surface area contributed by atoms with Crippen LogP contribution in [0.2, 0.25) is 0 Å². The fourth-order valence-corrected chi connectivity index (χ4v) is 1.48. The highest BCUT2D eigenvalue weighted by molar-refractivity contribution is 5.93. The molecule has 0 spiro atoms. The summed E-state index contributed by atoms with van der Waals surface area (Å²) in [5.41, 5.74) is 5.46. The van der Waals surface area contributed by atoms with Crippen LogP contribution in [-0.4, -0.2) is 23.9 Å². The van der Waals surface area contributed by atoms with E-state index in [-0.39, 0.29) is 24.4 Å². The van der Waals surface area contributed by atoms with Crippen molar-refractivity contribution in [2.24, 2.45) is 5.73 Å². The van der Waals surface area contributed by atoms with Gasteiger partial charge in [0.05, 0.1) is 6.61 Å². The number of carbonyl (C=O) groups is 1. The van der Waals surface area contributed by atoms with Gasteiger partial charge in [-0.1, -0.05) is 0 Å². The van der Waals surface area contributed by atoms with Crippen molar-refractivity contribution in [2.75, 3.05) is 6.61 Å². The number of pyridine rings is 1. The molecule has 0 fully saturated rings. The second kappa shape index (κ2) is 5.87. The quantitative estimate of drug-likeness (QED) is 0.852. The first-order valence-corrected chi connectivity index (χ1v) is 5.42. The van der Waals surface area contributed by atoms with Crippen molar-refractivity contribution < 1.29 is 27.4 Å². The summed E-state index contributed by atoms with van der Waals surface area (Å²) in [5, 5.41) is 0. The predicted octanol–water partition coefficient (Wildman–Crippen LogP) is 1.92. The first-order valence-electron chi connectivity index (χ1n) is 5.42. The van der Waals surface area contributed by atoms with E-state index in [0.717, 1.165) is 0 Å². The maximum Gasteiger partial charge on any atom is 0.574 e. The van der Waals surface area contributed by atoms with Gasteiger partial charge in [-0.25, -0.2) is 9.78 Å². The number of aromatic nitrogens is 1. The Hall–Kier alpha value is -1.83. The normalized spacial score (nSPS) is 11.3. The summed E-state index contributed by atoms with van der Waals surface area (Å²) in [5.74, 6) is -1.79. The molecule has 106 valence electrons. The molecule has 0 atom stereocenters. The first kappa shape index (κ1) is 15.2. The summed E-state index contributed by atoms with van der Waals surface area (Å²) in [6.45, 7) is 2.89. The van der Waals surface area contributed by atoms with Gasteiger partial charge >= 0.3 is 12.3 Å². The average Bonchev–Trinajstić information content (AvgIpc) is 2.25. The smallest absolute Gasteiger partial charge is 0.462 e. The van der Waals surface area contributed by atoms with Crippen LogP contribution in [0.1, 0.15) is 28.5 Å². The number of alkyl halides is 3. The van der Waals surface area contributed by atoms with Crippen molar-refractivity contribution in [3.8, 4) is 5.88 Å². The lowest BCUT2D eigenvalue weighted by Gasteiger charge is -2.15. The molecular weight excluding hydrogens is 265 g/mol. The maximum atomic E-state index is 12.3. The number of hydrogen-bond acceptors (Lipinski definition) is 5. The fraction of sp³-hybridized carbons (Fsp3) is 0.455. The second-order valence-electron chi connectivity index (χ2n) is 3.58. The van der Waals surface area contributed by atoms with Crippen molar-refractivity contribution in [1.82, 2.24) is 4.98 Å². The van der Waals surface area contributed by atoms with E-state index in [1.165, 1.54) is 19.9 Å². The molecule has 0 saturated heterocycles. The predicted molar refractivity (Wildman–Crippen MR) is 59.5 cm³/mol. The number of nitrogens with zero attached hydrogens (tertiary/aromatic N) is 1. The summed E-state index contributed by atoms with van der Waals surface area (Å²) in [7, 11) is 0. The minimum absolute atomic E-state index is 0.0161. The number of aryl methyl sites for hydroxylation is 1. The highest BCUT2D eigenvalue weighted by Gasteiger charge is 2.35. The number of nitrogens with two attached hydrogens (primary N) is 1. The molecule has 0 aliphatic carbocycles. The largest absolute Gasteiger partial charge is 0.574 e. The standard InChI is InChI=1S/C11H13F3N2O3/c1-3-18-10(17)8-7(5-15)4-6(2)16-9(8)19-11(12,13)14/h4H,3,5,15H2,1-2H3. The first-order chi connectivity index (χ1) is 8.78. The molecule has 1 aromatic heterocycles. The molecule has 0 bridgehead atoms. The highest BCUT2D eigenvalue weighted by atomic mass is 19.4. The Morgan fingerprint density at radius 2 is 2.11 bits per heavy atom. The Balaban J connectivity index is 3.33. The van der Waals surface area contributed by atoms with Crippen LogP contribution in [0, 0.1) is 6.92 Å². The minimum Gasteiger partial charge on any atom is -0.462 e. The number of esters is 1. The zero-order chi connectivity index (χ0) is 14.6. The number of hydrogen-bond donors (Lipinski definition) is 1. The van der Waals surface area contributed by atoms with Crippen LogP contribution in [0.3, 0.4) is 0 Å². The minimum atomic E-state index is -4.95. The van der Waals surface area contributed by atoms with Crippen molar-refractivity contribution in [3.63, 3.8) is 0 Å². The third-order valence-electron chi connectivity index (χ3n) is 2.11. The molecule has 0 aromatic carbocycles. The van der Waals surface area contributed by atoms with Gasteiger partial charge in [-0.2, -0.15) is 0 Å². The number of carbonyl (C=O) groups excluding carboxylic acids is 1. The van der Waals surface area contributed by atoms with Crippen molar-refractivity contribution in [1.29, 1.82) is 0 Å². The van der Waals surface area contributed by atoms with Gasteiger partial charge in [0.2, 0.25) is 5.88 Å². The SMILES string of the molecule is CCOC(=O)c1c(CN)cc(C)nc1OC(F)(F)F. The van der Waals surface area contributed by atoms with Gasteiger partial charge in [0.25, 0.3) is 0 Å². The molecule has 0 unspecified atom stereocenters. The van der Waals surface area contributed by atoms with Gasteiger partial charge in [-0.3, -0.25) is 0 Å². The van der Waals surface area contributed by atoms with E-state index < -0.39 is 23.8 Å². The molecular formula is C11H13F3N2O3. The van der Waals surface area contributed by atoms with Crippen LogP contribution in [0.4, 0.5) is 13.2 Å². The van der Waals surface area contributed by atoms with Gasteiger partial charge in [0, 0.05) is 12.2 Å². The Kier molecular flexibility index (Phi) is 4.71. The third kappa shape index (κ3) is 4.09.